The van der Waals surface area contributed by atoms with Gasteiger partial charge in [0, 0.05) is 12.4 Å². The molecule has 0 radical (unpaired) electrons. The molecular formula is C7H5ClN4. The van der Waals surface area contributed by atoms with Crippen LogP contribution in [-0.2, 0) is 0 Å². The van der Waals surface area contributed by atoms with Crippen molar-refractivity contribution < 1.29 is 0 Å². The molecule has 0 aliphatic heterocycles. The molecule has 5 heteroatoms. The number of halogens is 1. The van der Waals surface area contributed by atoms with Crippen molar-refractivity contribution in [2.24, 2.45) is 0 Å². The van der Waals surface area contributed by atoms with Crippen molar-refractivity contribution in [2.45, 2.75) is 6.92 Å². The van der Waals surface area contributed by atoms with Gasteiger partial charge in [0.1, 0.15) is 5.52 Å². The van der Waals surface area contributed by atoms with Gasteiger partial charge >= 0.3 is 0 Å². The lowest BCUT2D eigenvalue weighted by molar-refractivity contribution is 1.10. The molecule has 0 N–H and O–H groups in total. The molecule has 0 aromatic carbocycles. The van der Waals surface area contributed by atoms with Gasteiger partial charge in [0.05, 0.1) is 5.69 Å². The number of aromatic nitrogens is 4. The molecule has 2 aromatic rings. The highest BCUT2D eigenvalue weighted by Gasteiger charge is 2.02. The summed E-state index contributed by atoms with van der Waals surface area (Å²) in [6.07, 6.45) is 3.18. The normalized spacial score (nSPS) is 10.5. The lowest BCUT2D eigenvalue weighted by Crippen LogP contribution is -1.93. The highest BCUT2D eigenvalue weighted by molar-refractivity contribution is 6.28. The van der Waals surface area contributed by atoms with Crippen molar-refractivity contribution in [1.29, 1.82) is 0 Å². The fraction of sp³-hybridized carbons (Fsp3) is 0.143. The van der Waals surface area contributed by atoms with Crippen molar-refractivity contribution in [1.82, 2.24) is 19.9 Å². The summed E-state index contributed by atoms with van der Waals surface area (Å²) in [4.78, 5) is 16.0. The SMILES string of the molecule is Cc1nc(Cl)nc2nccnc12. The summed E-state index contributed by atoms with van der Waals surface area (Å²) in [5.74, 6) is 0. The maximum Gasteiger partial charge on any atom is 0.224 e. The fourth-order valence-corrected chi connectivity index (χ4v) is 1.18. The molecule has 12 heavy (non-hydrogen) atoms. The third-order valence-electron chi connectivity index (χ3n) is 1.48. The highest BCUT2D eigenvalue weighted by atomic mass is 35.5. The first-order valence-electron chi connectivity index (χ1n) is 3.38. The van der Waals surface area contributed by atoms with Gasteiger partial charge in [-0.15, -0.1) is 0 Å². The molecule has 0 spiro atoms. The van der Waals surface area contributed by atoms with Gasteiger partial charge in [-0.25, -0.2) is 15.0 Å². The van der Waals surface area contributed by atoms with E-state index in [0.29, 0.717) is 11.2 Å². The largest absolute Gasteiger partial charge is 0.249 e. The van der Waals surface area contributed by atoms with E-state index in [2.05, 4.69) is 19.9 Å². The molecule has 0 saturated carbocycles. The van der Waals surface area contributed by atoms with Crippen LogP contribution in [0, 0.1) is 6.92 Å². The summed E-state index contributed by atoms with van der Waals surface area (Å²) in [7, 11) is 0. The summed E-state index contributed by atoms with van der Waals surface area (Å²) in [6.45, 7) is 1.82. The molecule has 2 aromatic heterocycles. The Morgan fingerprint density at radius 2 is 1.92 bits per heavy atom. The Kier molecular flexibility index (Phi) is 1.62. The molecule has 2 rings (SSSR count). The highest BCUT2D eigenvalue weighted by Crippen LogP contribution is 2.11. The Bertz CT molecular complexity index is 429. The van der Waals surface area contributed by atoms with Crippen LogP contribution in [-0.4, -0.2) is 19.9 Å². The second kappa shape index (κ2) is 2.64. The van der Waals surface area contributed by atoms with Gasteiger partial charge in [0.2, 0.25) is 5.28 Å². The molecule has 0 atom stereocenters. The Hall–Kier alpha value is -1.29. The van der Waals surface area contributed by atoms with Crippen molar-refractivity contribution >= 4 is 22.8 Å². The number of aryl methyl sites for hydroxylation is 1. The molecule has 4 nitrogen and oxygen atoms in total. The first-order chi connectivity index (χ1) is 5.77. The average Bonchev–Trinajstić information content (AvgIpc) is 2.04. The van der Waals surface area contributed by atoms with Crippen LogP contribution in [0.4, 0.5) is 0 Å². The molecular weight excluding hydrogens is 176 g/mol. The van der Waals surface area contributed by atoms with Gasteiger partial charge in [-0.05, 0) is 18.5 Å². The van der Waals surface area contributed by atoms with Crippen LogP contribution in [0.2, 0.25) is 5.28 Å². The number of nitrogens with zero attached hydrogens (tertiary/aromatic N) is 4. The van der Waals surface area contributed by atoms with E-state index in [0.717, 1.165) is 5.69 Å². The van der Waals surface area contributed by atoms with Gasteiger partial charge in [-0.2, -0.15) is 4.98 Å². The zero-order chi connectivity index (χ0) is 8.55. The zero-order valence-electron chi connectivity index (χ0n) is 6.32. The molecule has 60 valence electrons. The minimum Gasteiger partial charge on any atom is -0.249 e. The second-order valence-corrected chi connectivity index (χ2v) is 2.64. The van der Waals surface area contributed by atoms with Gasteiger partial charge in [-0.1, -0.05) is 0 Å². The van der Waals surface area contributed by atoms with E-state index < -0.39 is 0 Å². The summed E-state index contributed by atoms with van der Waals surface area (Å²) < 4.78 is 0. The fourth-order valence-electron chi connectivity index (χ4n) is 0.971. The number of rotatable bonds is 0. The molecule has 2 heterocycles. The monoisotopic (exact) mass is 180 g/mol. The lowest BCUT2D eigenvalue weighted by Gasteiger charge is -1.97. The second-order valence-electron chi connectivity index (χ2n) is 2.31. The summed E-state index contributed by atoms with van der Waals surface area (Å²) >= 11 is 5.63. The van der Waals surface area contributed by atoms with E-state index in [-0.39, 0.29) is 5.28 Å². The standard InChI is InChI=1S/C7H5ClN4/c1-4-5-6(10-3-2-9-5)12-7(8)11-4/h2-3H,1H3. The Balaban J connectivity index is 2.89. The Labute approximate surface area is 73.7 Å². The number of hydrogen-bond donors (Lipinski definition) is 0. The molecule has 0 amide bonds. The van der Waals surface area contributed by atoms with E-state index in [4.69, 9.17) is 11.6 Å². The molecule has 0 aliphatic rings. The van der Waals surface area contributed by atoms with E-state index in [1.807, 2.05) is 6.92 Å². The van der Waals surface area contributed by atoms with Gasteiger partial charge in [-0.3, -0.25) is 0 Å². The van der Waals surface area contributed by atoms with Gasteiger partial charge in [0.15, 0.2) is 5.65 Å². The summed E-state index contributed by atoms with van der Waals surface area (Å²) in [5.41, 5.74) is 1.98. The van der Waals surface area contributed by atoms with Crippen LogP contribution in [0.1, 0.15) is 5.69 Å². The first kappa shape index (κ1) is 7.36. The number of fused-ring (bicyclic) bond motifs is 1. The smallest absolute Gasteiger partial charge is 0.224 e. The van der Waals surface area contributed by atoms with E-state index >= 15 is 0 Å². The third kappa shape index (κ3) is 1.10. The molecule has 0 unspecified atom stereocenters. The first-order valence-corrected chi connectivity index (χ1v) is 3.76. The molecule has 0 saturated heterocycles. The molecule has 0 fully saturated rings. The van der Waals surface area contributed by atoms with Crippen LogP contribution >= 0.6 is 11.6 Å². The van der Waals surface area contributed by atoms with Crippen LogP contribution in [0.15, 0.2) is 12.4 Å². The maximum atomic E-state index is 5.63. The quantitative estimate of drug-likeness (QED) is 0.575. The van der Waals surface area contributed by atoms with Crippen molar-refractivity contribution in [3.05, 3.63) is 23.4 Å². The van der Waals surface area contributed by atoms with Crippen LogP contribution in [0.5, 0.6) is 0 Å². The molecule has 0 aliphatic carbocycles. The maximum absolute atomic E-state index is 5.63. The van der Waals surface area contributed by atoms with Crippen LogP contribution in [0.3, 0.4) is 0 Å². The van der Waals surface area contributed by atoms with Gasteiger partial charge < -0.3 is 0 Å². The van der Waals surface area contributed by atoms with Crippen molar-refractivity contribution in [2.75, 3.05) is 0 Å². The third-order valence-corrected chi connectivity index (χ3v) is 1.65. The minimum atomic E-state index is 0.209. The van der Waals surface area contributed by atoms with Gasteiger partial charge in [0.25, 0.3) is 0 Å². The van der Waals surface area contributed by atoms with E-state index in [1.54, 1.807) is 12.4 Å². The van der Waals surface area contributed by atoms with E-state index in [1.165, 1.54) is 0 Å². The topological polar surface area (TPSA) is 51.6 Å². The predicted octanol–water partition coefficient (Wildman–Crippen LogP) is 1.38. The van der Waals surface area contributed by atoms with E-state index in [9.17, 15) is 0 Å². The summed E-state index contributed by atoms with van der Waals surface area (Å²) in [6, 6.07) is 0. The molecule has 0 bridgehead atoms. The predicted molar refractivity (Wildman–Crippen MR) is 44.9 cm³/mol. The minimum absolute atomic E-state index is 0.209. The number of hydrogen-bond acceptors (Lipinski definition) is 4. The Morgan fingerprint density at radius 3 is 2.75 bits per heavy atom. The van der Waals surface area contributed by atoms with Crippen molar-refractivity contribution in [3.63, 3.8) is 0 Å². The Morgan fingerprint density at radius 1 is 1.17 bits per heavy atom. The average molecular weight is 181 g/mol. The van der Waals surface area contributed by atoms with Crippen LogP contribution < -0.4 is 0 Å². The summed E-state index contributed by atoms with van der Waals surface area (Å²) in [5, 5.41) is 0.209. The zero-order valence-corrected chi connectivity index (χ0v) is 7.08. The lowest BCUT2D eigenvalue weighted by atomic mass is 10.4. The van der Waals surface area contributed by atoms with Crippen molar-refractivity contribution in [3.8, 4) is 0 Å². The van der Waals surface area contributed by atoms with Crippen LogP contribution in [0.25, 0.3) is 11.2 Å².